The van der Waals surface area contributed by atoms with Crippen LogP contribution in [0.4, 0.5) is 8.78 Å². The molecule has 0 saturated heterocycles. The van der Waals surface area contributed by atoms with Crippen molar-refractivity contribution < 1.29 is 8.78 Å². The first-order valence-electron chi connectivity index (χ1n) is 2.65. The minimum atomic E-state index is -0.619. The Labute approximate surface area is 51.7 Å². The molecule has 1 aromatic heterocycles. The number of rotatable bonds is 2. The van der Waals surface area contributed by atoms with Crippen LogP contribution in [0.5, 0.6) is 0 Å². The molecule has 0 radical (unpaired) electrons. The monoisotopic (exact) mass is 131 g/mol. The first-order valence-corrected chi connectivity index (χ1v) is 2.65. The van der Waals surface area contributed by atoms with Gasteiger partial charge in [-0.1, -0.05) is 0 Å². The molecule has 0 amide bonds. The van der Waals surface area contributed by atoms with E-state index >= 15 is 0 Å². The van der Waals surface area contributed by atoms with Crippen molar-refractivity contribution >= 4 is 0 Å². The minimum Gasteiger partial charge on any atom is -0.363 e. The predicted molar refractivity (Wildman–Crippen MR) is 30.4 cm³/mol. The van der Waals surface area contributed by atoms with Crippen LogP contribution in [-0.2, 0) is 13.3 Å². The highest BCUT2D eigenvalue weighted by Gasteiger charge is 2.00. The second kappa shape index (κ2) is 2.62. The standard InChI is InChI=1S/C6H7F2N/c7-3-5-1-2-9-6(5)4-8/h1-2,9H,3-4H2. The first kappa shape index (κ1) is 6.26. The molecule has 3 heteroatoms. The van der Waals surface area contributed by atoms with E-state index in [1.807, 2.05) is 0 Å². The first-order chi connectivity index (χ1) is 4.38. The Bertz CT molecular complexity index is 164. The summed E-state index contributed by atoms with van der Waals surface area (Å²) in [5.74, 6) is 0. The molecule has 1 nitrogen and oxygen atoms in total. The Morgan fingerprint density at radius 3 is 2.56 bits per heavy atom. The molecule has 0 atom stereocenters. The van der Waals surface area contributed by atoms with E-state index in [0.717, 1.165) is 0 Å². The van der Waals surface area contributed by atoms with Crippen LogP contribution in [0.15, 0.2) is 12.3 Å². The quantitative estimate of drug-likeness (QED) is 0.631. The van der Waals surface area contributed by atoms with Crippen LogP contribution >= 0.6 is 0 Å². The molecule has 0 aliphatic rings. The number of aromatic nitrogens is 1. The Kier molecular flexibility index (Phi) is 1.82. The van der Waals surface area contributed by atoms with Crippen LogP contribution in [0, 0.1) is 0 Å². The Hall–Kier alpha value is -0.860. The van der Waals surface area contributed by atoms with Gasteiger partial charge in [0.2, 0.25) is 0 Å². The fourth-order valence-corrected chi connectivity index (χ4v) is 0.686. The molecule has 0 aromatic carbocycles. The minimum absolute atomic E-state index is 0.345. The Morgan fingerprint density at radius 2 is 2.11 bits per heavy atom. The average molecular weight is 131 g/mol. The van der Waals surface area contributed by atoms with Gasteiger partial charge in [0.25, 0.3) is 0 Å². The third-order valence-electron chi connectivity index (χ3n) is 1.21. The van der Waals surface area contributed by atoms with E-state index in [4.69, 9.17) is 0 Å². The van der Waals surface area contributed by atoms with Crippen LogP contribution < -0.4 is 0 Å². The molecule has 0 unspecified atom stereocenters. The number of aromatic amines is 1. The summed E-state index contributed by atoms with van der Waals surface area (Å²) in [6.45, 7) is -1.21. The van der Waals surface area contributed by atoms with Gasteiger partial charge in [-0.15, -0.1) is 0 Å². The van der Waals surface area contributed by atoms with Gasteiger partial charge in [-0.25, -0.2) is 8.78 Å². The van der Waals surface area contributed by atoms with Gasteiger partial charge in [-0.2, -0.15) is 0 Å². The van der Waals surface area contributed by atoms with Gasteiger partial charge in [0.1, 0.15) is 13.3 Å². The normalized spacial score (nSPS) is 10.0. The summed E-state index contributed by atoms with van der Waals surface area (Å²) in [7, 11) is 0. The summed E-state index contributed by atoms with van der Waals surface area (Å²) in [4.78, 5) is 2.59. The topological polar surface area (TPSA) is 15.8 Å². The SMILES string of the molecule is FCc1cc[nH]c1CF. The number of alkyl halides is 2. The van der Waals surface area contributed by atoms with Gasteiger partial charge >= 0.3 is 0 Å². The van der Waals surface area contributed by atoms with Crippen LogP contribution in [0.3, 0.4) is 0 Å². The smallest absolute Gasteiger partial charge is 0.130 e. The highest BCUT2D eigenvalue weighted by atomic mass is 19.1. The third kappa shape index (κ3) is 1.09. The summed E-state index contributed by atoms with van der Waals surface area (Å²) >= 11 is 0. The number of halogens is 2. The number of H-pyrrole nitrogens is 1. The summed E-state index contributed by atoms with van der Waals surface area (Å²) in [6.07, 6.45) is 1.53. The molecule has 0 bridgehead atoms. The van der Waals surface area contributed by atoms with Gasteiger partial charge in [0, 0.05) is 11.8 Å². The molecule has 0 fully saturated rings. The average Bonchev–Trinajstić information content (AvgIpc) is 2.33. The van der Waals surface area contributed by atoms with Gasteiger partial charge in [0.15, 0.2) is 0 Å². The molecule has 0 aliphatic heterocycles. The van der Waals surface area contributed by atoms with Crippen LogP contribution in [-0.4, -0.2) is 4.98 Å². The summed E-state index contributed by atoms with van der Waals surface area (Å²) in [5, 5.41) is 0. The van der Waals surface area contributed by atoms with E-state index in [9.17, 15) is 8.78 Å². The van der Waals surface area contributed by atoms with Gasteiger partial charge in [-0.05, 0) is 6.07 Å². The second-order valence-electron chi connectivity index (χ2n) is 1.75. The summed E-state index contributed by atoms with van der Waals surface area (Å²) < 4.78 is 23.6. The van der Waals surface area contributed by atoms with Gasteiger partial charge in [-0.3, -0.25) is 0 Å². The highest BCUT2D eigenvalue weighted by Crippen LogP contribution is 2.08. The zero-order valence-electron chi connectivity index (χ0n) is 4.82. The highest BCUT2D eigenvalue weighted by molar-refractivity contribution is 5.18. The maximum Gasteiger partial charge on any atom is 0.130 e. The number of nitrogens with one attached hydrogen (secondary N) is 1. The Morgan fingerprint density at radius 1 is 1.33 bits per heavy atom. The Balaban J connectivity index is 2.85. The van der Waals surface area contributed by atoms with Crippen molar-refractivity contribution in [2.75, 3.05) is 0 Å². The van der Waals surface area contributed by atoms with Crippen molar-refractivity contribution in [2.45, 2.75) is 13.3 Å². The largest absolute Gasteiger partial charge is 0.363 e. The van der Waals surface area contributed by atoms with Crippen molar-refractivity contribution in [2.24, 2.45) is 0 Å². The van der Waals surface area contributed by atoms with Gasteiger partial charge in [0.05, 0.1) is 5.69 Å². The molecular formula is C6H7F2N. The lowest BCUT2D eigenvalue weighted by Crippen LogP contribution is -1.83. The van der Waals surface area contributed by atoms with Crippen LogP contribution in [0.1, 0.15) is 11.3 Å². The fraction of sp³-hybridized carbons (Fsp3) is 0.333. The van der Waals surface area contributed by atoms with Crippen molar-refractivity contribution in [1.29, 1.82) is 0 Å². The van der Waals surface area contributed by atoms with E-state index < -0.39 is 13.3 Å². The number of hydrogen-bond acceptors (Lipinski definition) is 0. The third-order valence-corrected chi connectivity index (χ3v) is 1.21. The van der Waals surface area contributed by atoms with E-state index in [1.165, 1.54) is 12.3 Å². The van der Waals surface area contributed by atoms with Crippen LogP contribution in [0.25, 0.3) is 0 Å². The lowest BCUT2D eigenvalue weighted by atomic mass is 10.3. The second-order valence-corrected chi connectivity index (χ2v) is 1.75. The molecule has 1 aromatic rings. The molecule has 50 valence electrons. The number of hydrogen-bond donors (Lipinski definition) is 1. The van der Waals surface area contributed by atoms with Crippen molar-refractivity contribution in [3.63, 3.8) is 0 Å². The molecule has 0 aliphatic carbocycles. The molecule has 1 N–H and O–H groups in total. The molecule has 1 heterocycles. The fourth-order valence-electron chi connectivity index (χ4n) is 0.686. The van der Waals surface area contributed by atoms with E-state index in [1.54, 1.807) is 0 Å². The van der Waals surface area contributed by atoms with Crippen molar-refractivity contribution in [1.82, 2.24) is 4.98 Å². The maximum atomic E-state index is 11.8. The van der Waals surface area contributed by atoms with Crippen molar-refractivity contribution in [3.8, 4) is 0 Å². The van der Waals surface area contributed by atoms with Crippen molar-refractivity contribution in [3.05, 3.63) is 23.5 Å². The molecular weight excluding hydrogens is 124 g/mol. The molecule has 1 rings (SSSR count). The lowest BCUT2D eigenvalue weighted by Gasteiger charge is -1.89. The molecule has 9 heavy (non-hydrogen) atoms. The molecule has 0 spiro atoms. The maximum absolute atomic E-state index is 11.8. The van der Waals surface area contributed by atoms with Crippen LogP contribution in [0.2, 0.25) is 0 Å². The van der Waals surface area contributed by atoms with E-state index in [2.05, 4.69) is 4.98 Å². The summed E-state index contributed by atoms with van der Waals surface area (Å²) in [6, 6.07) is 1.54. The summed E-state index contributed by atoms with van der Waals surface area (Å²) in [5.41, 5.74) is 0.759. The lowest BCUT2D eigenvalue weighted by molar-refractivity contribution is 0.450. The predicted octanol–water partition coefficient (Wildman–Crippen LogP) is 1.95. The van der Waals surface area contributed by atoms with E-state index in [0.29, 0.717) is 11.3 Å². The van der Waals surface area contributed by atoms with Gasteiger partial charge < -0.3 is 4.98 Å². The van der Waals surface area contributed by atoms with E-state index in [-0.39, 0.29) is 0 Å². The molecule has 0 saturated carbocycles. The zero-order valence-corrected chi connectivity index (χ0v) is 4.82. The zero-order chi connectivity index (χ0) is 6.69.